The molecule has 2 aromatic carbocycles. The first-order chi connectivity index (χ1) is 14.8. The number of rotatable bonds is 11. The average molecular weight is 469 g/mol. The fourth-order valence-corrected chi connectivity index (χ4v) is 2.99. The number of nitrogens with one attached hydrogen (secondary N) is 1. The maximum Gasteiger partial charge on any atom is 0.257 e. The van der Waals surface area contributed by atoms with Gasteiger partial charge in [-0.2, -0.15) is 0 Å². The molecule has 0 heterocycles. The van der Waals surface area contributed by atoms with E-state index in [1.54, 1.807) is 24.3 Å². The van der Waals surface area contributed by atoms with E-state index in [2.05, 4.69) is 5.32 Å². The highest BCUT2D eigenvalue weighted by atomic mass is 35.5. The Kier molecular flexibility index (Phi) is 10.1. The zero-order valence-electron chi connectivity index (χ0n) is 17.3. The molecule has 9 heteroatoms. The van der Waals surface area contributed by atoms with Crippen molar-refractivity contribution in [3.05, 3.63) is 60.2 Å². The van der Waals surface area contributed by atoms with Crippen molar-refractivity contribution in [2.75, 3.05) is 19.8 Å². The fourth-order valence-electron chi connectivity index (χ4n) is 2.74. The first-order valence-corrected chi connectivity index (χ1v) is 10.7. The lowest BCUT2D eigenvalue weighted by Crippen LogP contribution is -2.49. The van der Waals surface area contributed by atoms with Crippen LogP contribution in [0.1, 0.15) is 25.6 Å². The van der Waals surface area contributed by atoms with Crippen molar-refractivity contribution in [1.82, 2.24) is 10.2 Å². The van der Waals surface area contributed by atoms with Crippen LogP contribution in [0.3, 0.4) is 0 Å². The second-order valence-corrected chi connectivity index (χ2v) is 7.70. The number of halogens is 2. The number of hydrogen-bond acceptors (Lipinski definition) is 5. The number of carbonyl (C=O) groups is 2. The summed E-state index contributed by atoms with van der Waals surface area (Å²) < 4.78 is 11.1. The Morgan fingerprint density at radius 2 is 1.68 bits per heavy atom. The van der Waals surface area contributed by atoms with Gasteiger partial charge in [0.05, 0.1) is 6.61 Å². The molecule has 0 aliphatic rings. The van der Waals surface area contributed by atoms with E-state index in [0.717, 1.165) is 0 Å². The fraction of sp³-hybridized carbons (Fsp3) is 0.364. The van der Waals surface area contributed by atoms with Crippen LogP contribution in [-0.2, 0) is 14.3 Å². The van der Waals surface area contributed by atoms with Crippen molar-refractivity contribution in [2.45, 2.75) is 31.0 Å². The number of hydrogen-bond donors (Lipinski definition) is 2. The van der Waals surface area contributed by atoms with Crippen LogP contribution >= 0.6 is 23.2 Å². The van der Waals surface area contributed by atoms with Gasteiger partial charge in [-0.15, -0.1) is 0 Å². The lowest BCUT2D eigenvalue weighted by molar-refractivity contribution is -0.137. The van der Waals surface area contributed by atoms with Crippen LogP contribution in [-0.4, -0.2) is 52.5 Å². The molecule has 0 saturated heterocycles. The molecule has 0 fully saturated rings. The number of ether oxygens (including phenoxy) is 2. The van der Waals surface area contributed by atoms with Crippen molar-refractivity contribution >= 4 is 35.0 Å². The largest absolute Gasteiger partial charge is 0.457 e. The predicted octanol–water partition coefficient (Wildman–Crippen LogP) is 3.64. The number of amides is 2. The molecule has 7 nitrogen and oxygen atoms in total. The molecule has 2 aromatic rings. The number of aliphatic hydroxyl groups excluding tert-OH is 1. The monoisotopic (exact) mass is 468 g/mol. The van der Waals surface area contributed by atoms with E-state index in [1.165, 1.54) is 11.8 Å². The van der Waals surface area contributed by atoms with Crippen LogP contribution in [0.5, 0.6) is 11.5 Å². The zero-order chi connectivity index (χ0) is 22.8. The molecule has 0 aromatic heterocycles. The van der Waals surface area contributed by atoms with E-state index < -0.39 is 28.9 Å². The third-order valence-electron chi connectivity index (χ3n) is 4.30. The third kappa shape index (κ3) is 7.70. The first kappa shape index (κ1) is 24.9. The SMILES string of the molecule is CCOCCN(C(=O)C(Cl)Cl)C(NC(=O)C(C)O)c1ccc(Oc2ccccc2)cc1. The zero-order valence-corrected chi connectivity index (χ0v) is 18.8. The number of alkyl halides is 2. The number of nitrogens with zero attached hydrogens (tertiary/aromatic N) is 1. The topological polar surface area (TPSA) is 88.1 Å². The van der Waals surface area contributed by atoms with Gasteiger partial charge < -0.3 is 24.8 Å². The Hall–Kier alpha value is -2.32. The van der Waals surface area contributed by atoms with Crippen molar-refractivity contribution < 1.29 is 24.2 Å². The molecule has 2 amide bonds. The van der Waals surface area contributed by atoms with Crippen LogP contribution in [0.15, 0.2) is 54.6 Å². The smallest absolute Gasteiger partial charge is 0.257 e. The molecule has 0 spiro atoms. The summed E-state index contributed by atoms with van der Waals surface area (Å²) in [6.07, 6.45) is -2.18. The van der Waals surface area contributed by atoms with Gasteiger partial charge in [-0.05, 0) is 43.7 Å². The molecule has 2 atom stereocenters. The quantitative estimate of drug-likeness (QED) is 0.298. The molecule has 0 radical (unpaired) electrons. The van der Waals surface area contributed by atoms with E-state index in [-0.39, 0.29) is 13.2 Å². The Morgan fingerprint density at radius 1 is 1.06 bits per heavy atom. The van der Waals surface area contributed by atoms with E-state index in [4.69, 9.17) is 32.7 Å². The number of para-hydroxylation sites is 1. The summed E-state index contributed by atoms with van der Waals surface area (Å²) in [6, 6.07) is 16.1. The van der Waals surface area contributed by atoms with Crippen LogP contribution in [0.4, 0.5) is 0 Å². The van der Waals surface area contributed by atoms with Crippen LogP contribution < -0.4 is 10.1 Å². The summed E-state index contributed by atoms with van der Waals surface area (Å²) >= 11 is 11.7. The minimum absolute atomic E-state index is 0.135. The van der Waals surface area contributed by atoms with Gasteiger partial charge in [0.25, 0.3) is 5.91 Å². The van der Waals surface area contributed by atoms with E-state index in [9.17, 15) is 14.7 Å². The molecular formula is C22H26Cl2N2O5. The summed E-state index contributed by atoms with van der Waals surface area (Å²) in [5.41, 5.74) is 0.577. The van der Waals surface area contributed by atoms with Gasteiger partial charge in [0.1, 0.15) is 23.8 Å². The lowest BCUT2D eigenvalue weighted by Gasteiger charge is -2.33. The van der Waals surface area contributed by atoms with E-state index in [1.807, 2.05) is 37.3 Å². The standard InChI is InChI=1S/C22H26Cl2N2O5/c1-3-30-14-13-26(22(29)19(23)24)20(25-21(28)15(2)27)16-9-11-18(12-10-16)31-17-7-5-4-6-8-17/h4-12,15,19-20,27H,3,13-14H2,1-2H3,(H,25,28). The highest BCUT2D eigenvalue weighted by Crippen LogP contribution is 2.26. The first-order valence-electron chi connectivity index (χ1n) is 9.81. The molecule has 0 saturated carbocycles. The Balaban J connectivity index is 2.31. The van der Waals surface area contributed by atoms with Gasteiger partial charge in [0, 0.05) is 13.2 Å². The molecular weight excluding hydrogens is 443 g/mol. The summed E-state index contributed by atoms with van der Waals surface area (Å²) in [4.78, 5) is 24.9. The van der Waals surface area contributed by atoms with Gasteiger partial charge in [0.15, 0.2) is 4.84 Å². The van der Waals surface area contributed by atoms with Gasteiger partial charge in [0.2, 0.25) is 5.91 Å². The highest BCUT2D eigenvalue weighted by Gasteiger charge is 2.30. The van der Waals surface area contributed by atoms with Gasteiger partial charge in [-0.25, -0.2) is 0 Å². The normalized spacial score (nSPS) is 12.8. The Bertz CT molecular complexity index is 832. The molecule has 2 unspecified atom stereocenters. The summed E-state index contributed by atoms with van der Waals surface area (Å²) in [7, 11) is 0. The molecule has 2 rings (SSSR count). The van der Waals surface area contributed by atoms with Crippen molar-refractivity contribution in [3.63, 3.8) is 0 Å². The third-order valence-corrected chi connectivity index (χ3v) is 4.67. The molecule has 0 aliphatic heterocycles. The molecule has 168 valence electrons. The van der Waals surface area contributed by atoms with Gasteiger partial charge in [-0.3, -0.25) is 9.59 Å². The van der Waals surface area contributed by atoms with Crippen LogP contribution in [0.25, 0.3) is 0 Å². The lowest BCUT2D eigenvalue weighted by atomic mass is 10.1. The second-order valence-electron chi connectivity index (χ2n) is 6.60. The number of aliphatic hydroxyl groups is 1. The number of benzene rings is 2. The molecule has 0 aliphatic carbocycles. The minimum atomic E-state index is -1.33. The minimum Gasteiger partial charge on any atom is -0.457 e. The molecule has 2 N–H and O–H groups in total. The highest BCUT2D eigenvalue weighted by molar-refractivity contribution is 6.53. The second kappa shape index (κ2) is 12.5. The Labute approximate surface area is 191 Å². The summed E-state index contributed by atoms with van der Waals surface area (Å²) in [6.45, 7) is 3.98. The van der Waals surface area contributed by atoms with Gasteiger partial charge in [-0.1, -0.05) is 53.5 Å². The maximum absolute atomic E-state index is 12.7. The van der Waals surface area contributed by atoms with Crippen LogP contribution in [0, 0.1) is 0 Å². The molecule has 31 heavy (non-hydrogen) atoms. The van der Waals surface area contributed by atoms with Crippen molar-refractivity contribution in [2.24, 2.45) is 0 Å². The number of carbonyl (C=O) groups excluding carboxylic acids is 2. The van der Waals surface area contributed by atoms with Crippen LogP contribution in [0.2, 0.25) is 0 Å². The maximum atomic E-state index is 12.7. The van der Waals surface area contributed by atoms with E-state index >= 15 is 0 Å². The van der Waals surface area contributed by atoms with Gasteiger partial charge >= 0.3 is 0 Å². The predicted molar refractivity (Wildman–Crippen MR) is 119 cm³/mol. The Morgan fingerprint density at radius 3 is 2.23 bits per heavy atom. The molecule has 0 bridgehead atoms. The summed E-state index contributed by atoms with van der Waals surface area (Å²) in [5, 5.41) is 12.3. The van der Waals surface area contributed by atoms with E-state index in [0.29, 0.717) is 23.7 Å². The summed E-state index contributed by atoms with van der Waals surface area (Å²) in [5.74, 6) is 0.0122. The average Bonchev–Trinajstić information content (AvgIpc) is 2.76. The van der Waals surface area contributed by atoms with Crippen molar-refractivity contribution in [3.8, 4) is 11.5 Å². The van der Waals surface area contributed by atoms with Crippen molar-refractivity contribution in [1.29, 1.82) is 0 Å².